The van der Waals surface area contributed by atoms with Crippen LogP contribution in [0.3, 0.4) is 0 Å². The summed E-state index contributed by atoms with van der Waals surface area (Å²) in [5, 5.41) is 3.44. The van der Waals surface area contributed by atoms with Crippen molar-refractivity contribution in [3.63, 3.8) is 0 Å². The van der Waals surface area contributed by atoms with Gasteiger partial charge in [0.05, 0.1) is 16.3 Å². The maximum Gasteiger partial charge on any atom is 0.160 e. The first-order valence-corrected chi connectivity index (χ1v) is 12.0. The maximum atomic E-state index is 6.03. The van der Waals surface area contributed by atoms with E-state index in [2.05, 4.69) is 66.7 Å². The van der Waals surface area contributed by atoms with Crippen molar-refractivity contribution in [1.29, 1.82) is 0 Å². The summed E-state index contributed by atoms with van der Waals surface area (Å²) in [5.74, 6) is 0.725. The van der Waals surface area contributed by atoms with Crippen molar-refractivity contribution in [3.8, 4) is 33.2 Å². The molecule has 0 aliphatic heterocycles. The van der Waals surface area contributed by atoms with Crippen LogP contribution in [0, 0.1) is 0 Å². The number of furan rings is 1. The lowest BCUT2D eigenvalue weighted by Crippen LogP contribution is -1.95. The number of nitrogens with zero attached hydrogens (tertiary/aromatic N) is 2. The van der Waals surface area contributed by atoms with Crippen LogP contribution in [-0.4, -0.2) is 9.97 Å². The van der Waals surface area contributed by atoms with Gasteiger partial charge < -0.3 is 4.42 Å². The Bertz CT molecular complexity index is 1780. The number of hydrogen-bond acceptors (Lipinski definition) is 4. The zero-order valence-electron chi connectivity index (χ0n) is 18.1. The van der Waals surface area contributed by atoms with Crippen molar-refractivity contribution in [2.24, 2.45) is 0 Å². The van der Waals surface area contributed by atoms with Crippen LogP contribution in [0.5, 0.6) is 0 Å². The van der Waals surface area contributed by atoms with Crippen LogP contribution in [0.15, 0.2) is 114 Å². The topological polar surface area (TPSA) is 38.9 Å². The third-order valence-corrected chi connectivity index (χ3v) is 7.25. The molecular formula is C30H18N2OS. The van der Waals surface area contributed by atoms with E-state index in [-0.39, 0.29) is 0 Å². The fourth-order valence-corrected chi connectivity index (χ4v) is 5.45. The summed E-state index contributed by atoms with van der Waals surface area (Å²) in [4.78, 5) is 11.1. The number of hydrogen-bond donors (Lipinski definition) is 0. The minimum absolute atomic E-state index is 0.725. The summed E-state index contributed by atoms with van der Waals surface area (Å²) >= 11 is 1.76. The Balaban J connectivity index is 1.45. The van der Waals surface area contributed by atoms with Crippen molar-refractivity contribution in [3.05, 3.63) is 109 Å². The van der Waals surface area contributed by atoms with Crippen molar-refractivity contribution in [2.75, 3.05) is 0 Å². The molecule has 3 aromatic heterocycles. The minimum Gasteiger partial charge on any atom is -0.456 e. The number of aromatic nitrogens is 2. The number of thiophene rings is 1. The van der Waals surface area contributed by atoms with E-state index in [1.165, 1.54) is 10.1 Å². The van der Waals surface area contributed by atoms with E-state index in [4.69, 9.17) is 14.4 Å². The Labute approximate surface area is 200 Å². The second-order valence-electron chi connectivity index (χ2n) is 8.29. The molecule has 0 aliphatic rings. The second kappa shape index (κ2) is 7.65. The van der Waals surface area contributed by atoms with Crippen molar-refractivity contribution in [2.45, 2.75) is 0 Å². The first kappa shape index (κ1) is 19.2. The second-order valence-corrected chi connectivity index (χ2v) is 9.37. The van der Waals surface area contributed by atoms with Gasteiger partial charge >= 0.3 is 0 Å². The van der Waals surface area contributed by atoms with E-state index in [1.54, 1.807) is 11.3 Å². The highest BCUT2D eigenvalue weighted by Crippen LogP contribution is 2.36. The Kier molecular flexibility index (Phi) is 4.32. The number of benzene rings is 4. The molecule has 160 valence electrons. The quantitative estimate of drug-likeness (QED) is 0.268. The van der Waals surface area contributed by atoms with Gasteiger partial charge in [0.25, 0.3) is 0 Å². The summed E-state index contributed by atoms with van der Waals surface area (Å²) in [6.45, 7) is 0. The highest BCUT2D eigenvalue weighted by atomic mass is 32.1. The van der Waals surface area contributed by atoms with Gasteiger partial charge in [-0.3, -0.25) is 0 Å². The molecule has 7 rings (SSSR count). The lowest BCUT2D eigenvalue weighted by molar-refractivity contribution is 0.669. The zero-order chi connectivity index (χ0) is 22.5. The highest BCUT2D eigenvalue weighted by Gasteiger charge is 2.14. The molecule has 4 heteroatoms. The third-order valence-electron chi connectivity index (χ3n) is 6.11. The van der Waals surface area contributed by atoms with Gasteiger partial charge in [0.15, 0.2) is 5.82 Å². The maximum absolute atomic E-state index is 6.03. The normalized spacial score (nSPS) is 11.5. The van der Waals surface area contributed by atoms with Crippen molar-refractivity contribution < 1.29 is 4.42 Å². The molecule has 0 bridgehead atoms. The molecule has 34 heavy (non-hydrogen) atoms. The average Bonchev–Trinajstić information content (AvgIpc) is 3.50. The molecular weight excluding hydrogens is 436 g/mol. The van der Waals surface area contributed by atoms with Gasteiger partial charge in [-0.25, -0.2) is 9.97 Å². The molecule has 0 N–H and O–H groups in total. The molecule has 3 nitrogen and oxygen atoms in total. The molecule has 0 fully saturated rings. The summed E-state index contributed by atoms with van der Waals surface area (Å²) in [6, 6.07) is 37.4. The highest BCUT2D eigenvalue weighted by molar-refractivity contribution is 7.22. The summed E-state index contributed by atoms with van der Waals surface area (Å²) in [5.41, 5.74) is 5.65. The largest absolute Gasteiger partial charge is 0.456 e. The smallest absolute Gasteiger partial charge is 0.160 e. The van der Waals surface area contributed by atoms with Gasteiger partial charge in [0.1, 0.15) is 11.2 Å². The molecule has 0 atom stereocenters. The van der Waals surface area contributed by atoms with E-state index < -0.39 is 0 Å². The Morgan fingerprint density at radius 2 is 1.32 bits per heavy atom. The Morgan fingerprint density at radius 1 is 0.559 bits per heavy atom. The van der Waals surface area contributed by atoms with E-state index >= 15 is 0 Å². The van der Waals surface area contributed by atoms with Gasteiger partial charge in [0.2, 0.25) is 0 Å². The van der Waals surface area contributed by atoms with Crippen LogP contribution in [0.1, 0.15) is 0 Å². The number of fused-ring (bicyclic) bond motifs is 4. The van der Waals surface area contributed by atoms with Crippen LogP contribution in [-0.2, 0) is 0 Å². The van der Waals surface area contributed by atoms with Crippen molar-refractivity contribution >= 4 is 43.4 Å². The molecule has 0 saturated carbocycles. The standard InChI is InChI=1S/C30H18N2OS/c1-2-8-19(9-3-1)30-31-24(18-25(32-30)29-17-21-10-4-7-13-28(21)34-29)20-14-15-27-23(16-20)22-11-5-6-12-26(22)33-27/h1-18H. The van der Waals surface area contributed by atoms with Gasteiger partial charge in [-0.1, -0.05) is 66.7 Å². The van der Waals surface area contributed by atoms with Gasteiger partial charge in [-0.05, 0) is 47.9 Å². The van der Waals surface area contributed by atoms with Crippen LogP contribution >= 0.6 is 11.3 Å². The average molecular weight is 455 g/mol. The van der Waals surface area contributed by atoms with E-state index in [9.17, 15) is 0 Å². The zero-order valence-corrected chi connectivity index (χ0v) is 18.9. The lowest BCUT2D eigenvalue weighted by atomic mass is 10.1. The molecule has 4 aromatic carbocycles. The van der Waals surface area contributed by atoms with Gasteiger partial charge in [-0.15, -0.1) is 11.3 Å². The summed E-state index contributed by atoms with van der Waals surface area (Å²) < 4.78 is 7.29. The molecule has 0 spiro atoms. The number of rotatable bonds is 3. The van der Waals surface area contributed by atoms with Crippen LogP contribution < -0.4 is 0 Å². The summed E-state index contributed by atoms with van der Waals surface area (Å²) in [6.07, 6.45) is 0. The minimum atomic E-state index is 0.725. The number of para-hydroxylation sites is 1. The van der Waals surface area contributed by atoms with Crippen LogP contribution in [0.4, 0.5) is 0 Å². The van der Waals surface area contributed by atoms with E-state index in [0.717, 1.165) is 55.2 Å². The fourth-order valence-electron chi connectivity index (χ4n) is 4.43. The molecule has 0 amide bonds. The SMILES string of the molecule is c1ccc(-c2nc(-c3ccc4oc5ccccc5c4c3)cc(-c3cc4ccccc4s3)n2)cc1. The van der Waals surface area contributed by atoms with Gasteiger partial charge in [-0.2, -0.15) is 0 Å². The predicted octanol–water partition coefficient (Wildman–Crippen LogP) is 8.59. The first-order chi connectivity index (χ1) is 16.8. The van der Waals surface area contributed by atoms with Crippen LogP contribution in [0.2, 0.25) is 0 Å². The van der Waals surface area contributed by atoms with E-state index in [0.29, 0.717) is 0 Å². The monoisotopic (exact) mass is 454 g/mol. The first-order valence-electron chi connectivity index (χ1n) is 11.2. The fraction of sp³-hybridized carbons (Fsp3) is 0. The predicted molar refractivity (Wildman–Crippen MR) is 141 cm³/mol. The third kappa shape index (κ3) is 3.19. The molecule has 3 heterocycles. The van der Waals surface area contributed by atoms with Crippen LogP contribution in [0.25, 0.3) is 65.2 Å². The molecule has 0 saturated heterocycles. The molecule has 0 unspecified atom stereocenters. The Hall–Kier alpha value is -4.28. The van der Waals surface area contributed by atoms with Crippen molar-refractivity contribution in [1.82, 2.24) is 9.97 Å². The lowest BCUT2D eigenvalue weighted by Gasteiger charge is -2.08. The summed E-state index contributed by atoms with van der Waals surface area (Å²) in [7, 11) is 0. The van der Waals surface area contributed by atoms with E-state index in [1.807, 2.05) is 42.5 Å². The molecule has 0 radical (unpaired) electrons. The Morgan fingerprint density at radius 3 is 2.24 bits per heavy atom. The molecule has 0 aliphatic carbocycles. The molecule has 7 aromatic rings. The van der Waals surface area contributed by atoms with Gasteiger partial charge in [0, 0.05) is 26.6 Å².